The Labute approximate surface area is 310 Å². The summed E-state index contributed by atoms with van der Waals surface area (Å²) in [6.45, 7) is 0. The fourth-order valence-corrected chi connectivity index (χ4v) is 7.86. The van der Waals surface area contributed by atoms with Crippen LogP contribution in [-0.2, 0) is 0 Å². The second-order valence-corrected chi connectivity index (χ2v) is 13.6. The molecule has 0 bridgehead atoms. The molecule has 0 atom stereocenters. The van der Waals surface area contributed by atoms with Gasteiger partial charge in [0.15, 0.2) is 17.5 Å². The van der Waals surface area contributed by atoms with Crippen LogP contribution in [0.25, 0.3) is 105 Å². The van der Waals surface area contributed by atoms with E-state index in [2.05, 4.69) is 120 Å². The summed E-state index contributed by atoms with van der Waals surface area (Å²) < 4.78 is 8.92. The van der Waals surface area contributed by atoms with Crippen molar-refractivity contribution in [2.45, 2.75) is 0 Å². The molecule has 0 aliphatic heterocycles. The first-order valence-electron chi connectivity index (χ1n) is 18.1. The van der Waals surface area contributed by atoms with E-state index < -0.39 is 0 Å². The van der Waals surface area contributed by atoms with E-state index in [-0.39, 0.29) is 0 Å². The van der Waals surface area contributed by atoms with E-state index in [0.29, 0.717) is 17.5 Å². The van der Waals surface area contributed by atoms with Crippen molar-refractivity contribution in [2.24, 2.45) is 0 Å². The average Bonchev–Trinajstić information content (AvgIpc) is 3.79. The van der Waals surface area contributed by atoms with Crippen molar-refractivity contribution >= 4 is 54.5 Å². The summed E-state index contributed by atoms with van der Waals surface area (Å²) >= 11 is 0. The van der Waals surface area contributed by atoms with Crippen LogP contribution in [-0.4, -0.2) is 19.5 Å². The molecule has 0 unspecified atom stereocenters. The molecular formula is C49H30N4O. The minimum Gasteiger partial charge on any atom is -0.456 e. The first kappa shape index (κ1) is 30.3. The van der Waals surface area contributed by atoms with Gasteiger partial charge in [-0.25, -0.2) is 15.0 Å². The molecule has 0 saturated heterocycles. The predicted octanol–water partition coefficient (Wildman–Crippen LogP) is 12.7. The van der Waals surface area contributed by atoms with Crippen LogP contribution in [0.15, 0.2) is 186 Å². The van der Waals surface area contributed by atoms with E-state index in [1.807, 2.05) is 66.7 Å². The lowest BCUT2D eigenvalue weighted by molar-refractivity contribution is 0.669. The maximum atomic E-state index is 6.53. The molecule has 0 saturated carbocycles. The Bertz CT molecular complexity index is 3140. The molecule has 0 aliphatic rings. The zero-order valence-corrected chi connectivity index (χ0v) is 29.0. The van der Waals surface area contributed by atoms with Gasteiger partial charge in [0, 0.05) is 43.9 Å². The van der Waals surface area contributed by atoms with Crippen LogP contribution in [0.1, 0.15) is 0 Å². The Hall–Kier alpha value is -7.37. The summed E-state index contributed by atoms with van der Waals surface area (Å²) in [6.07, 6.45) is 0. The highest BCUT2D eigenvalue weighted by atomic mass is 16.3. The second-order valence-electron chi connectivity index (χ2n) is 13.6. The van der Waals surface area contributed by atoms with E-state index in [0.717, 1.165) is 49.8 Å². The van der Waals surface area contributed by atoms with Crippen LogP contribution in [0.3, 0.4) is 0 Å². The predicted molar refractivity (Wildman–Crippen MR) is 221 cm³/mol. The number of nitrogens with zero attached hydrogens (tertiary/aromatic N) is 4. The molecule has 0 N–H and O–H groups in total. The highest BCUT2D eigenvalue weighted by molar-refractivity contribution is 6.22. The van der Waals surface area contributed by atoms with Crippen LogP contribution in [0.2, 0.25) is 0 Å². The number of aromatic nitrogens is 4. The highest BCUT2D eigenvalue weighted by Crippen LogP contribution is 2.40. The lowest BCUT2D eigenvalue weighted by Gasteiger charge is -2.09. The van der Waals surface area contributed by atoms with Gasteiger partial charge in [-0.2, -0.15) is 0 Å². The first-order chi connectivity index (χ1) is 26.7. The zero-order valence-electron chi connectivity index (χ0n) is 29.0. The van der Waals surface area contributed by atoms with E-state index >= 15 is 0 Å². The molecular weight excluding hydrogens is 661 g/mol. The Balaban J connectivity index is 1.08. The maximum absolute atomic E-state index is 6.53. The monoisotopic (exact) mass is 690 g/mol. The first-order valence-corrected chi connectivity index (χ1v) is 18.1. The third-order valence-corrected chi connectivity index (χ3v) is 10.4. The van der Waals surface area contributed by atoms with E-state index in [1.165, 1.54) is 38.2 Å². The Morgan fingerprint density at radius 1 is 0.352 bits per heavy atom. The summed E-state index contributed by atoms with van der Waals surface area (Å²) in [5.74, 6) is 1.85. The normalized spacial score (nSPS) is 11.7. The highest BCUT2D eigenvalue weighted by Gasteiger charge is 2.19. The molecule has 8 aromatic carbocycles. The third-order valence-electron chi connectivity index (χ3n) is 10.4. The van der Waals surface area contributed by atoms with E-state index in [4.69, 9.17) is 19.4 Å². The lowest BCUT2D eigenvalue weighted by Crippen LogP contribution is -2.00. The van der Waals surface area contributed by atoms with E-state index in [1.54, 1.807) is 0 Å². The number of benzene rings is 8. The van der Waals surface area contributed by atoms with Gasteiger partial charge >= 0.3 is 0 Å². The minimum atomic E-state index is 0.595. The molecule has 252 valence electrons. The van der Waals surface area contributed by atoms with Crippen molar-refractivity contribution in [3.05, 3.63) is 182 Å². The largest absolute Gasteiger partial charge is 0.456 e. The number of hydrogen-bond acceptors (Lipinski definition) is 4. The molecule has 5 nitrogen and oxygen atoms in total. The van der Waals surface area contributed by atoms with Crippen molar-refractivity contribution < 1.29 is 4.42 Å². The average molecular weight is 691 g/mol. The summed E-state index contributed by atoms with van der Waals surface area (Å²) in [4.78, 5) is 14.8. The van der Waals surface area contributed by atoms with Gasteiger partial charge in [-0.1, -0.05) is 133 Å². The van der Waals surface area contributed by atoms with Crippen LogP contribution in [0.4, 0.5) is 0 Å². The lowest BCUT2D eigenvalue weighted by atomic mass is 10.0. The van der Waals surface area contributed by atoms with Crippen LogP contribution < -0.4 is 0 Å². The maximum Gasteiger partial charge on any atom is 0.164 e. The number of furan rings is 1. The summed E-state index contributed by atoms with van der Waals surface area (Å²) in [7, 11) is 0. The fourth-order valence-electron chi connectivity index (χ4n) is 7.86. The molecule has 0 fully saturated rings. The number of fused-ring (bicyclic) bond motifs is 8. The van der Waals surface area contributed by atoms with Gasteiger partial charge in [-0.15, -0.1) is 0 Å². The van der Waals surface area contributed by atoms with Gasteiger partial charge in [0.05, 0.1) is 11.0 Å². The van der Waals surface area contributed by atoms with Crippen molar-refractivity contribution in [3.8, 4) is 51.0 Å². The molecule has 0 amide bonds. The topological polar surface area (TPSA) is 56.7 Å². The van der Waals surface area contributed by atoms with Crippen molar-refractivity contribution in [1.82, 2.24) is 19.5 Å². The molecule has 3 heterocycles. The van der Waals surface area contributed by atoms with Gasteiger partial charge in [0.1, 0.15) is 11.2 Å². The minimum absolute atomic E-state index is 0.595. The van der Waals surface area contributed by atoms with Crippen LogP contribution >= 0.6 is 0 Å². The number of rotatable bonds is 5. The summed E-state index contributed by atoms with van der Waals surface area (Å²) in [6, 6.07) is 63.4. The molecule has 0 radical (unpaired) electrons. The molecule has 11 rings (SSSR count). The molecule has 3 aromatic heterocycles. The Morgan fingerprint density at radius 3 is 1.69 bits per heavy atom. The smallest absolute Gasteiger partial charge is 0.164 e. The van der Waals surface area contributed by atoms with Crippen LogP contribution in [0.5, 0.6) is 0 Å². The van der Waals surface area contributed by atoms with Gasteiger partial charge < -0.3 is 8.98 Å². The van der Waals surface area contributed by atoms with E-state index in [9.17, 15) is 0 Å². The van der Waals surface area contributed by atoms with Crippen molar-refractivity contribution in [2.75, 3.05) is 0 Å². The third kappa shape index (κ3) is 4.90. The molecule has 54 heavy (non-hydrogen) atoms. The standard InChI is InChI=1S/C49H30N4O/c1-4-12-31(13-5-1)35-22-25-42-41(28-35)46-38-19-11-10-14-32(38)21-26-43(46)53(42)37-23-27-44-40(30-37)39-24-20-36(29-45(39)54-44)49-51-47(33-15-6-2-7-16-33)50-48(52-49)34-17-8-3-9-18-34/h1-30H. The summed E-state index contributed by atoms with van der Waals surface area (Å²) in [5, 5.41) is 7.05. The Kier molecular flexibility index (Phi) is 6.79. The fraction of sp³-hybridized carbons (Fsp3) is 0. The van der Waals surface area contributed by atoms with Gasteiger partial charge in [-0.05, 0) is 70.4 Å². The quantitative estimate of drug-likeness (QED) is 0.180. The number of hydrogen-bond donors (Lipinski definition) is 0. The van der Waals surface area contributed by atoms with Crippen molar-refractivity contribution in [1.29, 1.82) is 0 Å². The van der Waals surface area contributed by atoms with Gasteiger partial charge in [-0.3, -0.25) is 0 Å². The Morgan fingerprint density at radius 2 is 0.963 bits per heavy atom. The molecule has 5 heteroatoms. The van der Waals surface area contributed by atoms with Gasteiger partial charge in [0.2, 0.25) is 0 Å². The van der Waals surface area contributed by atoms with Crippen molar-refractivity contribution in [3.63, 3.8) is 0 Å². The molecule has 0 aliphatic carbocycles. The summed E-state index contributed by atoms with van der Waals surface area (Å²) in [5.41, 5.74) is 10.2. The SMILES string of the molecule is c1ccc(-c2ccc3c(c2)c2c4ccccc4ccc2n3-c2ccc3oc4cc(-c5nc(-c6ccccc6)nc(-c6ccccc6)n5)ccc4c3c2)cc1. The molecule has 0 spiro atoms. The zero-order chi connectivity index (χ0) is 35.6. The van der Waals surface area contributed by atoms with Crippen LogP contribution in [0, 0.1) is 0 Å². The van der Waals surface area contributed by atoms with Gasteiger partial charge in [0.25, 0.3) is 0 Å². The second kappa shape index (κ2) is 12.1. The molecule has 11 aromatic rings.